The Morgan fingerprint density at radius 1 is 0.533 bits per heavy atom. The molecule has 5 atom stereocenters. The van der Waals surface area contributed by atoms with Crippen LogP contribution in [-0.4, -0.2) is 50.8 Å². The number of hydrogen-bond donors (Lipinski definition) is 1. The average Bonchev–Trinajstić information content (AvgIpc) is 3.24. The van der Waals surface area contributed by atoms with Crippen molar-refractivity contribution in [1.29, 1.82) is 0 Å². The quantitative estimate of drug-likeness (QED) is 0.0283. The molecule has 1 N–H and O–H groups in total. The molecule has 0 bridgehead atoms. The van der Waals surface area contributed by atoms with E-state index in [1.807, 2.05) is 14.0 Å². The molecule has 352 valence electrons. The minimum Gasteiger partial charge on any atom is -0.466 e. The second-order valence-corrected chi connectivity index (χ2v) is 17.9. The van der Waals surface area contributed by atoms with Crippen molar-refractivity contribution in [3.63, 3.8) is 0 Å². The molecule has 0 rings (SSSR count). The van der Waals surface area contributed by atoms with Crippen molar-refractivity contribution in [2.24, 2.45) is 23.7 Å². The zero-order valence-corrected chi connectivity index (χ0v) is 40.7. The van der Waals surface area contributed by atoms with Gasteiger partial charge in [-0.05, 0) is 96.1 Å². The lowest BCUT2D eigenvalue weighted by Crippen LogP contribution is -2.28. The number of hydrogen-bond acceptors (Lipinski definition) is 7. The van der Waals surface area contributed by atoms with Gasteiger partial charge in [0.15, 0.2) is 0 Å². The van der Waals surface area contributed by atoms with Crippen molar-refractivity contribution in [2.75, 3.05) is 26.8 Å². The summed E-state index contributed by atoms with van der Waals surface area (Å²) in [6.45, 7) is 14.3. The lowest BCUT2D eigenvalue weighted by Gasteiger charge is -2.26. The van der Waals surface area contributed by atoms with Gasteiger partial charge in [-0.15, -0.1) is 0 Å². The van der Waals surface area contributed by atoms with Gasteiger partial charge >= 0.3 is 17.9 Å². The standard InChI is InChI=1S/C53H99NO6/c1-8-13-17-19-21-22-23-24-25-26-27-28-29-30-32-35-39-50(60-53(57)48(37-33-15-10-3)38-34-31-20-18-14-9-2)41-43-58-51(55)44-47(12-5)49(36-16-11-4)45-59-52(56)46(6)40-42-54-7/h21-22,24-25,46-50,54H,8-20,23,26-45H2,1-7H3/b22-21-,25-24-/t46?,47?,48?,49-,50?/m0/s1. The molecule has 0 amide bonds. The van der Waals surface area contributed by atoms with Crippen molar-refractivity contribution in [1.82, 2.24) is 5.32 Å². The minimum absolute atomic E-state index is 0.0457. The Morgan fingerprint density at radius 2 is 1.07 bits per heavy atom. The second-order valence-electron chi connectivity index (χ2n) is 17.9. The lowest BCUT2D eigenvalue weighted by atomic mass is 9.84. The van der Waals surface area contributed by atoms with E-state index in [1.54, 1.807) is 0 Å². The molecule has 7 heteroatoms. The van der Waals surface area contributed by atoms with Crippen LogP contribution in [0.1, 0.15) is 241 Å². The molecule has 0 aromatic rings. The van der Waals surface area contributed by atoms with Gasteiger partial charge in [0.25, 0.3) is 0 Å². The van der Waals surface area contributed by atoms with E-state index in [0.29, 0.717) is 19.4 Å². The van der Waals surface area contributed by atoms with Crippen LogP contribution in [0.5, 0.6) is 0 Å². The van der Waals surface area contributed by atoms with Gasteiger partial charge in [-0.2, -0.15) is 0 Å². The van der Waals surface area contributed by atoms with Crippen LogP contribution in [0.2, 0.25) is 0 Å². The van der Waals surface area contributed by atoms with E-state index in [1.165, 1.54) is 83.5 Å². The first-order valence-electron chi connectivity index (χ1n) is 25.7. The maximum atomic E-state index is 13.8. The largest absolute Gasteiger partial charge is 0.466 e. The SMILES string of the molecule is CCCCC/C=C\C/C=C\CCCCCCCCC(CCOC(=O)CC(CC)[C@@H](CCCC)COC(=O)C(C)CCNC)OC(=O)C(CCCCC)CCCCCCCC. The molecule has 4 unspecified atom stereocenters. The summed E-state index contributed by atoms with van der Waals surface area (Å²) in [6, 6.07) is 0. The Morgan fingerprint density at radius 3 is 1.68 bits per heavy atom. The Labute approximate surface area is 372 Å². The maximum Gasteiger partial charge on any atom is 0.309 e. The summed E-state index contributed by atoms with van der Waals surface area (Å²) >= 11 is 0. The predicted octanol–water partition coefficient (Wildman–Crippen LogP) is 15.0. The normalized spacial score (nSPS) is 14.3. The number of ether oxygens (including phenoxy) is 3. The highest BCUT2D eigenvalue weighted by Crippen LogP contribution is 2.27. The highest BCUT2D eigenvalue weighted by Gasteiger charge is 2.27. The van der Waals surface area contributed by atoms with E-state index in [0.717, 1.165) is 109 Å². The van der Waals surface area contributed by atoms with Gasteiger partial charge in [0.05, 0.1) is 25.0 Å². The van der Waals surface area contributed by atoms with Gasteiger partial charge in [-0.3, -0.25) is 14.4 Å². The minimum atomic E-state index is -0.238. The molecule has 0 aliphatic carbocycles. The maximum absolute atomic E-state index is 13.8. The summed E-state index contributed by atoms with van der Waals surface area (Å²) in [7, 11) is 1.89. The fourth-order valence-corrected chi connectivity index (χ4v) is 8.03. The molecule has 0 fully saturated rings. The van der Waals surface area contributed by atoms with E-state index in [2.05, 4.69) is 64.2 Å². The smallest absolute Gasteiger partial charge is 0.309 e. The van der Waals surface area contributed by atoms with Crippen LogP contribution in [0, 0.1) is 23.7 Å². The third-order valence-corrected chi connectivity index (χ3v) is 12.3. The van der Waals surface area contributed by atoms with E-state index in [-0.39, 0.29) is 54.3 Å². The summed E-state index contributed by atoms with van der Waals surface area (Å²) in [5.41, 5.74) is 0. The van der Waals surface area contributed by atoms with Gasteiger partial charge in [0, 0.05) is 12.8 Å². The third-order valence-electron chi connectivity index (χ3n) is 12.3. The Balaban J connectivity index is 5.26. The monoisotopic (exact) mass is 846 g/mol. The molecule has 0 aliphatic heterocycles. The first-order chi connectivity index (χ1) is 29.3. The molecule has 0 aromatic heterocycles. The van der Waals surface area contributed by atoms with E-state index >= 15 is 0 Å². The van der Waals surface area contributed by atoms with Crippen LogP contribution in [-0.2, 0) is 28.6 Å². The Bertz CT molecular complexity index is 1040. The van der Waals surface area contributed by atoms with Crippen LogP contribution in [0.4, 0.5) is 0 Å². The number of nitrogens with one attached hydrogen (secondary N) is 1. The average molecular weight is 846 g/mol. The number of esters is 3. The molecule has 60 heavy (non-hydrogen) atoms. The lowest BCUT2D eigenvalue weighted by molar-refractivity contribution is -0.157. The molecule has 0 saturated heterocycles. The molecule has 0 spiro atoms. The van der Waals surface area contributed by atoms with E-state index < -0.39 is 0 Å². The number of allylic oxidation sites excluding steroid dienone is 4. The van der Waals surface area contributed by atoms with Crippen LogP contribution in [0.15, 0.2) is 24.3 Å². The number of unbranched alkanes of at least 4 members (excludes halogenated alkanes) is 17. The molecule has 0 radical (unpaired) electrons. The van der Waals surface area contributed by atoms with Gasteiger partial charge in [-0.1, -0.05) is 181 Å². The highest BCUT2D eigenvalue weighted by atomic mass is 16.6. The van der Waals surface area contributed by atoms with Crippen molar-refractivity contribution in [3.05, 3.63) is 24.3 Å². The summed E-state index contributed by atoms with van der Waals surface area (Å²) in [5, 5.41) is 3.10. The molecular formula is C53H99NO6. The highest BCUT2D eigenvalue weighted by molar-refractivity contribution is 5.73. The van der Waals surface area contributed by atoms with Gasteiger partial charge in [-0.25, -0.2) is 0 Å². The number of rotatable bonds is 44. The van der Waals surface area contributed by atoms with Crippen molar-refractivity contribution in [3.8, 4) is 0 Å². The number of carbonyl (C=O) groups excluding carboxylic acids is 3. The molecule has 0 heterocycles. The van der Waals surface area contributed by atoms with Crippen molar-refractivity contribution in [2.45, 2.75) is 247 Å². The first kappa shape index (κ1) is 57.9. The second kappa shape index (κ2) is 43.5. The molecule has 0 saturated carbocycles. The summed E-state index contributed by atoms with van der Waals surface area (Å²) < 4.78 is 18.0. The summed E-state index contributed by atoms with van der Waals surface area (Å²) in [5.74, 6) is -0.418. The topological polar surface area (TPSA) is 90.9 Å². The molecule has 0 aromatic carbocycles. The van der Waals surface area contributed by atoms with Gasteiger partial charge in [0.2, 0.25) is 0 Å². The summed E-state index contributed by atoms with van der Waals surface area (Å²) in [6.07, 6.45) is 42.1. The zero-order chi connectivity index (χ0) is 44.3. The number of carbonyl (C=O) groups is 3. The zero-order valence-electron chi connectivity index (χ0n) is 40.7. The van der Waals surface area contributed by atoms with Crippen LogP contribution >= 0.6 is 0 Å². The van der Waals surface area contributed by atoms with Crippen molar-refractivity contribution >= 4 is 17.9 Å². The fourth-order valence-electron chi connectivity index (χ4n) is 8.03. The summed E-state index contributed by atoms with van der Waals surface area (Å²) in [4.78, 5) is 39.7. The van der Waals surface area contributed by atoms with E-state index in [9.17, 15) is 14.4 Å². The Kier molecular flexibility index (Phi) is 41.9. The molecule has 0 aliphatic rings. The first-order valence-corrected chi connectivity index (χ1v) is 25.7. The van der Waals surface area contributed by atoms with Crippen molar-refractivity contribution < 1.29 is 28.6 Å². The Hall–Kier alpha value is -2.15. The van der Waals surface area contributed by atoms with Crippen LogP contribution in [0.25, 0.3) is 0 Å². The molecular weight excluding hydrogens is 747 g/mol. The van der Waals surface area contributed by atoms with Gasteiger partial charge < -0.3 is 19.5 Å². The van der Waals surface area contributed by atoms with Crippen LogP contribution < -0.4 is 5.32 Å². The third kappa shape index (κ3) is 34.4. The van der Waals surface area contributed by atoms with E-state index in [4.69, 9.17) is 14.2 Å². The predicted molar refractivity (Wildman–Crippen MR) is 255 cm³/mol. The fraction of sp³-hybridized carbons (Fsp3) is 0.868. The van der Waals surface area contributed by atoms with Gasteiger partial charge in [0.1, 0.15) is 6.10 Å². The molecule has 7 nitrogen and oxygen atoms in total. The van der Waals surface area contributed by atoms with Crippen LogP contribution in [0.3, 0.4) is 0 Å².